The molecule has 2 aliphatic heterocycles. The first-order chi connectivity index (χ1) is 24.3. The zero-order chi connectivity index (χ0) is 34.8. The molecular formula is C38H40ClN7O4. The molecule has 2 fully saturated rings. The fourth-order valence-corrected chi connectivity index (χ4v) is 7.81. The number of nitrogens with one attached hydrogen (secondary N) is 4. The lowest BCUT2D eigenvalue weighted by Crippen LogP contribution is -2.56. The first-order valence-electron chi connectivity index (χ1n) is 17.1. The van der Waals surface area contributed by atoms with Gasteiger partial charge in [0.1, 0.15) is 6.04 Å². The number of hydrogen-bond acceptors (Lipinski definition) is 5. The lowest BCUT2D eigenvalue weighted by molar-refractivity contribution is -0.140. The van der Waals surface area contributed by atoms with E-state index in [-0.39, 0.29) is 48.4 Å². The third-order valence-corrected chi connectivity index (χ3v) is 10.5. The fraction of sp³-hybridized carbons (Fsp3) is 0.342. The second-order valence-electron chi connectivity index (χ2n) is 13.4. The van der Waals surface area contributed by atoms with Gasteiger partial charge >= 0.3 is 0 Å². The van der Waals surface area contributed by atoms with Crippen molar-refractivity contribution in [2.24, 2.45) is 17.8 Å². The minimum atomic E-state index is -0.723. The molecule has 4 heterocycles. The minimum absolute atomic E-state index is 0.0991. The first kappa shape index (κ1) is 33.3. The Hall–Kier alpha value is -5.16. The quantitative estimate of drug-likeness (QED) is 0.172. The highest BCUT2D eigenvalue weighted by atomic mass is 35.5. The summed E-state index contributed by atoms with van der Waals surface area (Å²) in [6, 6.07) is 20.3. The highest BCUT2D eigenvalue weighted by Crippen LogP contribution is 2.37. The average molecular weight is 694 g/mol. The number of amides is 4. The van der Waals surface area contributed by atoms with Crippen LogP contribution in [0.5, 0.6) is 0 Å². The van der Waals surface area contributed by atoms with E-state index in [0.29, 0.717) is 43.1 Å². The van der Waals surface area contributed by atoms with E-state index in [0.717, 1.165) is 33.8 Å². The number of aromatic amines is 2. The van der Waals surface area contributed by atoms with Crippen LogP contribution in [-0.4, -0.2) is 87.9 Å². The summed E-state index contributed by atoms with van der Waals surface area (Å²) in [5.74, 6) is -1.64. The smallest absolute Gasteiger partial charge is 0.253 e. The molecule has 3 unspecified atom stereocenters. The second-order valence-corrected chi connectivity index (χ2v) is 13.9. The van der Waals surface area contributed by atoms with Crippen molar-refractivity contribution in [1.29, 1.82) is 0 Å². The molecule has 0 spiro atoms. The molecular weight excluding hydrogens is 654 g/mol. The molecule has 0 radical (unpaired) electrons. The molecule has 258 valence electrons. The van der Waals surface area contributed by atoms with E-state index in [1.807, 2.05) is 60.8 Å². The third-order valence-electron chi connectivity index (χ3n) is 10.3. The monoisotopic (exact) mass is 693 g/mol. The molecule has 11 nitrogen and oxygen atoms in total. The Bertz CT molecular complexity index is 2040. The number of halogens is 1. The molecule has 4 amide bonds. The van der Waals surface area contributed by atoms with Gasteiger partial charge in [0.05, 0.1) is 24.1 Å². The van der Waals surface area contributed by atoms with E-state index in [4.69, 9.17) is 11.6 Å². The third kappa shape index (κ3) is 6.96. The Balaban J connectivity index is 1.10. The van der Waals surface area contributed by atoms with Gasteiger partial charge in [-0.2, -0.15) is 5.10 Å². The van der Waals surface area contributed by atoms with Gasteiger partial charge in [0, 0.05) is 66.3 Å². The van der Waals surface area contributed by atoms with Crippen LogP contribution in [0.4, 0.5) is 0 Å². The van der Waals surface area contributed by atoms with Crippen molar-refractivity contribution < 1.29 is 19.2 Å². The molecule has 0 saturated carbocycles. The number of hydrogen-bond donors (Lipinski definition) is 4. The Morgan fingerprint density at radius 2 is 1.78 bits per heavy atom. The first-order valence-corrected chi connectivity index (χ1v) is 17.5. The van der Waals surface area contributed by atoms with Crippen molar-refractivity contribution in [2.45, 2.75) is 31.7 Å². The predicted molar refractivity (Wildman–Crippen MR) is 191 cm³/mol. The zero-order valence-corrected chi connectivity index (χ0v) is 28.6. The molecule has 12 heteroatoms. The zero-order valence-electron chi connectivity index (χ0n) is 27.8. The van der Waals surface area contributed by atoms with Crippen LogP contribution in [0.15, 0.2) is 79.1 Å². The van der Waals surface area contributed by atoms with Crippen molar-refractivity contribution in [1.82, 2.24) is 35.6 Å². The van der Waals surface area contributed by atoms with Gasteiger partial charge in [-0.15, -0.1) is 0 Å². The Morgan fingerprint density at radius 3 is 2.60 bits per heavy atom. The molecule has 7 rings (SSSR count). The number of carbonyl (C=O) groups is 4. The number of carbonyl (C=O) groups excluding carboxylic acids is 4. The van der Waals surface area contributed by atoms with E-state index in [1.54, 1.807) is 35.2 Å². The second kappa shape index (κ2) is 14.4. The fourth-order valence-electron chi connectivity index (χ4n) is 7.64. The molecule has 2 saturated heterocycles. The van der Waals surface area contributed by atoms with Crippen molar-refractivity contribution in [2.75, 3.05) is 33.2 Å². The summed E-state index contributed by atoms with van der Waals surface area (Å²) in [6.07, 6.45) is 5.62. The van der Waals surface area contributed by atoms with Crippen molar-refractivity contribution in [3.05, 3.63) is 101 Å². The van der Waals surface area contributed by atoms with Crippen LogP contribution < -0.4 is 10.6 Å². The normalized spacial score (nSPS) is 19.4. The van der Waals surface area contributed by atoms with Crippen molar-refractivity contribution in [3.8, 4) is 0 Å². The van der Waals surface area contributed by atoms with E-state index in [9.17, 15) is 19.2 Å². The number of likely N-dealkylation sites (tertiary alicyclic amines) is 2. The summed E-state index contributed by atoms with van der Waals surface area (Å²) in [4.78, 5) is 61.7. The van der Waals surface area contributed by atoms with Gasteiger partial charge in [0.25, 0.3) is 5.91 Å². The van der Waals surface area contributed by atoms with Gasteiger partial charge in [0.2, 0.25) is 17.7 Å². The highest BCUT2D eigenvalue weighted by Gasteiger charge is 2.48. The predicted octanol–water partition coefficient (Wildman–Crippen LogP) is 4.34. The Morgan fingerprint density at radius 1 is 0.960 bits per heavy atom. The highest BCUT2D eigenvalue weighted by molar-refractivity contribution is 6.31. The summed E-state index contributed by atoms with van der Waals surface area (Å²) in [5, 5.41) is 15.1. The van der Waals surface area contributed by atoms with Crippen LogP contribution >= 0.6 is 11.6 Å². The maximum absolute atomic E-state index is 14.2. The van der Waals surface area contributed by atoms with Gasteiger partial charge in [-0.3, -0.25) is 24.3 Å². The van der Waals surface area contributed by atoms with Crippen LogP contribution in [0.3, 0.4) is 0 Å². The number of aromatic nitrogens is 3. The molecule has 50 heavy (non-hydrogen) atoms. The Labute approximate surface area is 294 Å². The van der Waals surface area contributed by atoms with Crippen LogP contribution in [0, 0.1) is 17.8 Å². The molecule has 5 aromatic rings. The number of H-pyrrole nitrogens is 2. The maximum Gasteiger partial charge on any atom is 0.253 e. The summed E-state index contributed by atoms with van der Waals surface area (Å²) < 4.78 is 0. The van der Waals surface area contributed by atoms with Crippen molar-refractivity contribution >= 4 is 57.0 Å². The number of nitrogens with zero attached hydrogens (tertiary/aromatic N) is 3. The maximum atomic E-state index is 14.2. The number of aryl methyl sites for hydroxylation is 1. The summed E-state index contributed by atoms with van der Waals surface area (Å²) in [6.45, 7) is 1.44. The van der Waals surface area contributed by atoms with Crippen LogP contribution in [0.2, 0.25) is 5.02 Å². The number of fused-ring (bicyclic) bond motifs is 3. The Kier molecular flexibility index (Phi) is 9.58. The largest absolute Gasteiger partial charge is 0.361 e. The molecule has 0 bridgehead atoms. The summed E-state index contributed by atoms with van der Waals surface area (Å²) in [7, 11) is 1.57. The molecule has 3 aromatic carbocycles. The van der Waals surface area contributed by atoms with E-state index >= 15 is 0 Å². The number of likely N-dealkylation sites (N-methyl/N-ethyl adjacent to an activating group) is 1. The average Bonchev–Trinajstić information content (AvgIpc) is 3.88. The number of benzene rings is 3. The molecule has 4 N–H and O–H groups in total. The van der Waals surface area contributed by atoms with Crippen LogP contribution in [0.25, 0.3) is 21.8 Å². The molecule has 2 aliphatic rings. The lowest BCUT2D eigenvalue weighted by atomic mass is 9.79. The molecule has 2 aromatic heterocycles. The minimum Gasteiger partial charge on any atom is -0.361 e. The van der Waals surface area contributed by atoms with Crippen molar-refractivity contribution in [3.63, 3.8) is 0 Å². The van der Waals surface area contributed by atoms with Crippen LogP contribution in [0.1, 0.15) is 34.3 Å². The number of piperidine rings is 1. The van der Waals surface area contributed by atoms with Gasteiger partial charge in [-0.1, -0.05) is 48.0 Å². The summed E-state index contributed by atoms with van der Waals surface area (Å²) in [5.41, 5.74) is 4.25. The van der Waals surface area contributed by atoms with Gasteiger partial charge in [-0.25, -0.2) is 0 Å². The van der Waals surface area contributed by atoms with Crippen LogP contribution in [-0.2, 0) is 27.2 Å². The van der Waals surface area contributed by atoms with Gasteiger partial charge in [0.15, 0.2) is 0 Å². The molecule has 0 aliphatic carbocycles. The standard InChI is InChI=1S/C38H40ClN7O4/c1-40-37(49)33(9-5-8-23-6-3-2-4-7-23)43-36(48)31-22-45(35(47)15-25-17-41-34-16-28(39)11-12-29(25)34)19-27-20-46(21-30(27)31)38(50)24-10-13-32-26(14-24)18-42-44-32/h2-4,6-7,10-14,16-18,27,30-31,33,41H,5,8-9,15,19-22H2,1H3,(H,40,49)(H,42,44)(H,43,48)/t27?,30?,31?,33-/m0/s1. The lowest BCUT2D eigenvalue weighted by Gasteiger charge is -2.40. The van der Waals surface area contributed by atoms with E-state index < -0.39 is 12.0 Å². The topological polar surface area (TPSA) is 143 Å². The SMILES string of the molecule is CNC(=O)[C@H](CCCc1ccccc1)NC(=O)C1CN(C(=O)Cc2c[nH]c3cc(Cl)ccc23)CC2CN(C(=O)c3ccc4[nH]ncc4c3)CC21. The summed E-state index contributed by atoms with van der Waals surface area (Å²) >= 11 is 6.18. The molecule has 4 atom stereocenters. The van der Waals surface area contributed by atoms with Gasteiger partial charge in [-0.05, 0) is 72.6 Å². The number of rotatable bonds is 10. The van der Waals surface area contributed by atoms with E-state index in [2.05, 4.69) is 25.8 Å². The van der Waals surface area contributed by atoms with Gasteiger partial charge < -0.3 is 25.4 Å². The van der Waals surface area contributed by atoms with E-state index in [1.165, 1.54) is 5.56 Å².